The second-order valence-corrected chi connectivity index (χ2v) is 9.36. The van der Waals surface area contributed by atoms with E-state index < -0.39 is 39.1 Å². The van der Waals surface area contributed by atoms with Crippen molar-refractivity contribution in [3.05, 3.63) is 103 Å². The molecule has 1 amide bonds. The highest BCUT2D eigenvalue weighted by Crippen LogP contribution is 2.31. The number of nitrogens with zero attached hydrogens (tertiary/aromatic N) is 2. The minimum Gasteiger partial charge on any atom is -0.467 e. The molecule has 0 bridgehead atoms. The summed E-state index contributed by atoms with van der Waals surface area (Å²) in [5.41, 5.74) is -0.277. The monoisotopic (exact) mass is 492 g/mol. The first-order chi connectivity index (χ1) is 16.1. The zero-order valence-electron chi connectivity index (χ0n) is 18.1. The molecule has 0 saturated carbocycles. The number of hydrogen-bond donors (Lipinski definition) is 0. The number of hydrogen-bond acceptors (Lipinski definition) is 4. The molecule has 1 aromatic heterocycles. The lowest BCUT2D eigenvalue weighted by molar-refractivity contribution is -0.137. The van der Waals surface area contributed by atoms with E-state index in [9.17, 15) is 26.4 Å². The van der Waals surface area contributed by atoms with Crippen LogP contribution in [-0.2, 0) is 34.1 Å². The second-order valence-electron chi connectivity index (χ2n) is 7.43. The summed E-state index contributed by atoms with van der Waals surface area (Å²) in [5, 5.41) is 0. The van der Waals surface area contributed by atoms with Crippen molar-refractivity contribution in [1.82, 2.24) is 9.21 Å². The van der Waals surface area contributed by atoms with Crippen molar-refractivity contribution >= 4 is 15.9 Å². The minimum absolute atomic E-state index is 0.0895. The molecule has 1 heterocycles. The van der Waals surface area contributed by atoms with Crippen LogP contribution in [0.2, 0.25) is 0 Å². The lowest BCUT2D eigenvalue weighted by Crippen LogP contribution is -2.42. The third-order valence-electron chi connectivity index (χ3n) is 4.94. The largest absolute Gasteiger partial charge is 0.467 e. The molecule has 0 aliphatic heterocycles. The molecular formula is C24H23F3N2O4S. The molecule has 0 aliphatic rings. The van der Waals surface area contributed by atoms with E-state index in [1.807, 2.05) is 30.3 Å². The molecule has 3 aromatic rings. The average molecular weight is 493 g/mol. The number of alkyl halides is 3. The number of sulfonamides is 1. The van der Waals surface area contributed by atoms with Gasteiger partial charge in [0, 0.05) is 13.1 Å². The maximum atomic E-state index is 13.2. The Kier molecular flexibility index (Phi) is 7.95. The molecule has 0 fully saturated rings. The Labute approximate surface area is 196 Å². The SMILES string of the molecule is C=CCN(CC(=O)N(Cc1ccccc1)Cc1ccco1)S(=O)(=O)c1cccc(C(F)(F)F)c1. The topological polar surface area (TPSA) is 70.8 Å². The number of rotatable bonds is 10. The van der Waals surface area contributed by atoms with Crippen LogP contribution in [0.1, 0.15) is 16.9 Å². The summed E-state index contributed by atoms with van der Waals surface area (Å²) in [6.45, 7) is 2.95. The van der Waals surface area contributed by atoms with Gasteiger partial charge in [-0.1, -0.05) is 42.5 Å². The highest BCUT2D eigenvalue weighted by atomic mass is 32.2. The first-order valence-electron chi connectivity index (χ1n) is 10.2. The smallest absolute Gasteiger partial charge is 0.416 e. The Hall–Kier alpha value is -3.37. The summed E-state index contributed by atoms with van der Waals surface area (Å²) in [5.74, 6) is -0.0436. The summed E-state index contributed by atoms with van der Waals surface area (Å²) in [7, 11) is -4.42. The maximum absolute atomic E-state index is 13.2. The lowest BCUT2D eigenvalue weighted by atomic mass is 10.2. The molecule has 0 atom stereocenters. The summed E-state index contributed by atoms with van der Waals surface area (Å²) in [6.07, 6.45) is -1.98. The van der Waals surface area contributed by atoms with Gasteiger partial charge in [-0.15, -0.1) is 6.58 Å². The molecule has 0 N–H and O–H groups in total. The van der Waals surface area contributed by atoms with Gasteiger partial charge in [0.2, 0.25) is 15.9 Å². The Bertz CT molecular complexity index is 1210. The molecular weight excluding hydrogens is 469 g/mol. The van der Waals surface area contributed by atoms with Gasteiger partial charge in [-0.25, -0.2) is 8.42 Å². The van der Waals surface area contributed by atoms with Crippen molar-refractivity contribution in [3.63, 3.8) is 0 Å². The van der Waals surface area contributed by atoms with Crippen LogP contribution in [0.4, 0.5) is 13.2 Å². The van der Waals surface area contributed by atoms with E-state index in [-0.39, 0.29) is 19.6 Å². The second kappa shape index (κ2) is 10.7. The van der Waals surface area contributed by atoms with Crippen LogP contribution < -0.4 is 0 Å². The van der Waals surface area contributed by atoms with Crippen molar-refractivity contribution in [2.45, 2.75) is 24.2 Å². The van der Waals surface area contributed by atoms with Crippen molar-refractivity contribution in [3.8, 4) is 0 Å². The highest BCUT2D eigenvalue weighted by Gasteiger charge is 2.33. The quantitative estimate of drug-likeness (QED) is 0.385. The molecule has 0 spiro atoms. The highest BCUT2D eigenvalue weighted by molar-refractivity contribution is 7.89. The normalized spacial score (nSPS) is 12.0. The van der Waals surface area contributed by atoms with E-state index in [4.69, 9.17) is 4.42 Å². The zero-order valence-corrected chi connectivity index (χ0v) is 18.9. The van der Waals surface area contributed by atoms with E-state index in [0.717, 1.165) is 28.1 Å². The predicted octanol–water partition coefficient (Wildman–Crippen LogP) is 4.70. The first kappa shape index (κ1) is 25.3. The molecule has 0 radical (unpaired) electrons. The molecule has 6 nitrogen and oxygen atoms in total. The standard InChI is InChI=1S/C24H23F3N2O4S/c1-2-13-29(34(31,32)22-12-6-10-20(15-22)24(25,26)27)18-23(30)28(17-21-11-7-14-33-21)16-19-8-4-3-5-9-19/h2-12,14-15H,1,13,16-18H2. The van der Waals surface area contributed by atoms with Crippen LogP contribution in [0.15, 0.2) is 95.0 Å². The van der Waals surface area contributed by atoms with E-state index in [2.05, 4.69) is 6.58 Å². The van der Waals surface area contributed by atoms with Gasteiger partial charge in [-0.3, -0.25) is 4.79 Å². The van der Waals surface area contributed by atoms with Crippen LogP contribution in [0, 0.1) is 0 Å². The molecule has 3 rings (SSSR count). The Morgan fingerprint density at radius 2 is 1.74 bits per heavy atom. The molecule has 0 saturated heterocycles. The number of amides is 1. The third-order valence-corrected chi connectivity index (χ3v) is 6.75. The molecule has 2 aromatic carbocycles. The van der Waals surface area contributed by atoms with E-state index in [1.165, 1.54) is 17.2 Å². The van der Waals surface area contributed by atoms with Crippen molar-refractivity contribution in [2.24, 2.45) is 0 Å². The Morgan fingerprint density at radius 1 is 1.00 bits per heavy atom. The molecule has 0 unspecified atom stereocenters. The molecule has 0 aliphatic carbocycles. The van der Waals surface area contributed by atoms with Crippen LogP contribution >= 0.6 is 0 Å². The molecule has 10 heteroatoms. The molecule has 180 valence electrons. The summed E-state index contributed by atoms with van der Waals surface area (Å²) < 4.78 is 71.8. The fourth-order valence-corrected chi connectivity index (χ4v) is 4.66. The van der Waals surface area contributed by atoms with E-state index in [0.29, 0.717) is 11.8 Å². The number of carbonyl (C=O) groups excluding carboxylic acids is 1. The fraction of sp³-hybridized carbons (Fsp3) is 0.208. The van der Waals surface area contributed by atoms with Gasteiger partial charge in [0.15, 0.2) is 0 Å². The van der Waals surface area contributed by atoms with Gasteiger partial charge >= 0.3 is 6.18 Å². The number of furan rings is 1. The van der Waals surface area contributed by atoms with Crippen LogP contribution in [0.3, 0.4) is 0 Å². The van der Waals surface area contributed by atoms with Gasteiger partial charge in [-0.2, -0.15) is 17.5 Å². The van der Waals surface area contributed by atoms with Crippen molar-refractivity contribution < 1.29 is 30.8 Å². The van der Waals surface area contributed by atoms with Crippen LogP contribution in [-0.4, -0.2) is 36.6 Å². The van der Waals surface area contributed by atoms with Crippen molar-refractivity contribution in [1.29, 1.82) is 0 Å². The zero-order chi connectivity index (χ0) is 24.8. The predicted molar refractivity (Wildman–Crippen MR) is 120 cm³/mol. The third kappa shape index (κ3) is 6.36. The average Bonchev–Trinajstić information content (AvgIpc) is 3.32. The number of benzene rings is 2. The maximum Gasteiger partial charge on any atom is 0.416 e. The van der Waals surface area contributed by atoms with E-state index in [1.54, 1.807) is 12.1 Å². The lowest BCUT2D eigenvalue weighted by Gasteiger charge is -2.26. The van der Waals surface area contributed by atoms with Crippen LogP contribution in [0.5, 0.6) is 0 Å². The van der Waals surface area contributed by atoms with Gasteiger partial charge in [-0.05, 0) is 35.9 Å². The van der Waals surface area contributed by atoms with Gasteiger partial charge in [0.25, 0.3) is 0 Å². The first-order valence-corrected chi connectivity index (χ1v) is 11.7. The summed E-state index contributed by atoms with van der Waals surface area (Å²) in [6, 6.07) is 15.9. The Balaban J connectivity index is 1.88. The number of carbonyl (C=O) groups is 1. The van der Waals surface area contributed by atoms with Gasteiger partial charge in [0.1, 0.15) is 5.76 Å². The van der Waals surface area contributed by atoms with Crippen LogP contribution in [0.25, 0.3) is 0 Å². The fourth-order valence-electron chi connectivity index (χ4n) is 3.25. The van der Waals surface area contributed by atoms with Crippen molar-refractivity contribution in [2.75, 3.05) is 13.1 Å². The van der Waals surface area contributed by atoms with E-state index >= 15 is 0 Å². The number of halogens is 3. The van der Waals surface area contributed by atoms with Gasteiger partial charge in [0.05, 0.1) is 29.8 Å². The Morgan fingerprint density at radius 3 is 2.35 bits per heavy atom. The summed E-state index contributed by atoms with van der Waals surface area (Å²) >= 11 is 0. The molecule has 34 heavy (non-hydrogen) atoms. The van der Waals surface area contributed by atoms with Gasteiger partial charge < -0.3 is 9.32 Å². The summed E-state index contributed by atoms with van der Waals surface area (Å²) in [4.78, 5) is 14.1. The minimum atomic E-state index is -4.71.